The van der Waals surface area contributed by atoms with Crippen molar-refractivity contribution in [2.24, 2.45) is 0 Å². The molecule has 0 amide bonds. The molecule has 1 N–H and O–H groups in total. The highest BCUT2D eigenvalue weighted by Crippen LogP contribution is 2.39. The van der Waals surface area contributed by atoms with Crippen molar-refractivity contribution >= 4 is 28.2 Å². The lowest BCUT2D eigenvalue weighted by atomic mass is 9.97. The van der Waals surface area contributed by atoms with Gasteiger partial charge in [-0.2, -0.15) is 11.8 Å². The summed E-state index contributed by atoms with van der Waals surface area (Å²) in [6, 6.07) is 0.492. The topological polar surface area (TPSA) is 28.2 Å². The van der Waals surface area contributed by atoms with Crippen LogP contribution in [0.1, 0.15) is 56.6 Å². The smallest absolute Gasteiger partial charge is 0.185 e. The minimum atomic E-state index is 0.351. The molecular formula is C16H27N3S2. The number of nitrogens with zero attached hydrogens (tertiary/aromatic N) is 2. The lowest BCUT2D eigenvalue weighted by Gasteiger charge is -2.37. The summed E-state index contributed by atoms with van der Waals surface area (Å²) in [7, 11) is 0. The largest absolute Gasteiger partial charge is 0.346 e. The highest BCUT2D eigenvalue weighted by molar-refractivity contribution is 8.00. The summed E-state index contributed by atoms with van der Waals surface area (Å²) in [6.07, 6.45) is 4.97. The van der Waals surface area contributed by atoms with Gasteiger partial charge in [-0.15, -0.1) is 11.3 Å². The number of aromatic nitrogens is 1. The predicted octanol–water partition coefficient (Wildman–Crippen LogP) is 3.85. The highest BCUT2D eigenvalue weighted by Gasteiger charge is 2.31. The van der Waals surface area contributed by atoms with E-state index in [1.165, 1.54) is 47.1 Å². The molecule has 1 fully saturated rings. The van der Waals surface area contributed by atoms with Crippen LogP contribution < -0.4 is 10.2 Å². The number of anilines is 1. The van der Waals surface area contributed by atoms with Gasteiger partial charge < -0.3 is 10.2 Å². The Morgan fingerprint density at radius 3 is 3.05 bits per heavy atom. The third-order valence-corrected chi connectivity index (χ3v) is 6.77. The van der Waals surface area contributed by atoms with E-state index in [0.717, 1.165) is 19.6 Å². The molecule has 1 aromatic heterocycles. The third kappa shape index (κ3) is 3.57. The average molecular weight is 326 g/mol. The Labute approximate surface area is 136 Å². The Morgan fingerprint density at radius 1 is 1.43 bits per heavy atom. The van der Waals surface area contributed by atoms with Gasteiger partial charge in [-0.25, -0.2) is 4.98 Å². The van der Waals surface area contributed by atoms with Crippen LogP contribution in [-0.4, -0.2) is 35.1 Å². The molecule has 118 valence electrons. The Hall–Kier alpha value is -0.260. The van der Waals surface area contributed by atoms with E-state index in [1.807, 2.05) is 11.3 Å². The zero-order chi connectivity index (χ0) is 14.9. The fourth-order valence-corrected chi connectivity index (χ4v) is 5.54. The van der Waals surface area contributed by atoms with E-state index in [9.17, 15) is 0 Å². The Morgan fingerprint density at radius 2 is 2.29 bits per heavy atom. The maximum atomic E-state index is 5.05. The van der Waals surface area contributed by atoms with Gasteiger partial charge >= 0.3 is 0 Å². The maximum Gasteiger partial charge on any atom is 0.185 e. The molecule has 2 heterocycles. The number of hydrogen-bond donors (Lipinski definition) is 1. The van der Waals surface area contributed by atoms with E-state index in [-0.39, 0.29) is 0 Å². The number of thiazole rings is 1. The van der Waals surface area contributed by atoms with Gasteiger partial charge in [0.15, 0.2) is 5.13 Å². The molecule has 21 heavy (non-hydrogen) atoms. The number of fused-ring (bicyclic) bond motifs is 1. The van der Waals surface area contributed by atoms with Crippen molar-refractivity contribution in [1.29, 1.82) is 0 Å². The van der Waals surface area contributed by atoms with Gasteiger partial charge in [0.2, 0.25) is 0 Å². The van der Waals surface area contributed by atoms with Crippen LogP contribution in [0.3, 0.4) is 0 Å². The van der Waals surface area contributed by atoms with Gasteiger partial charge in [0.05, 0.1) is 11.7 Å². The van der Waals surface area contributed by atoms with Gasteiger partial charge in [0, 0.05) is 28.5 Å². The minimum Gasteiger partial charge on any atom is -0.346 e. The Bertz CT molecular complexity index is 484. The van der Waals surface area contributed by atoms with E-state index in [1.54, 1.807) is 0 Å². The van der Waals surface area contributed by atoms with E-state index < -0.39 is 0 Å². The molecule has 2 aliphatic rings. The van der Waals surface area contributed by atoms with Crippen molar-refractivity contribution in [3.8, 4) is 0 Å². The first kappa shape index (κ1) is 15.6. The van der Waals surface area contributed by atoms with Crippen molar-refractivity contribution in [3.63, 3.8) is 0 Å². The first-order valence-corrected chi connectivity index (χ1v) is 10.0. The number of hydrogen-bond acceptors (Lipinski definition) is 5. The fourth-order valence-electron chi connectivity index (χ4n) is 3.24. The van der Waals surface area contributed by atoms with Crippen LogP contribution in [0.5, 0.6) is 0 Å². The first-order valence-electron chi connectivity index (χ1n) is 8.21. The standard InChI is InChI=1S/C16H27N3S2/c1-4-8-17-12-6-5-7-13-14(12)18-15(21-13)19-9-10-20-16(2,3)11-19/h12,17H,4-11H2,1-3H3. The predicted molar refractivity (Wildman–Crippen MR) is 94.8 cm³/mol. The summed E-state index contributed by atoms with van der Waals surface area (Å²) in [5.74, 6) is 1.22. The normalized spacial score (nSPS) is 24.9. The molecule has 0 spiro atoms. The number of nitrogens with one attached hydrogen (secondary N) is 1. The van der Waals surface area contributed by atoms with Crippen LogP contribution in [0.4, 0.5) is 5.13 Å². The maximum absolute atomic E-state index is 5.05. The second-order valence-corrected chi connectivity index (χ2v) is 9.60. The summed E-state index contributed by atoms with van der Waals surface area (Å²) >= 11 is 4.03. The quantitative estimate of drug-likeness (QED) is 0.910. The molecule has 1 aliphatic heterocycles. The van der Waals surface area contributed by atoms with Gasteiger partial charge in [0.1, 0.15) is 0 Å². The molecule has 0 aromatic carbocycles. The Balaban J connectivity index is 1.77. The molecule has 1 unspecified atom stereocenters. The Kier molecular flexibility index (Phi) is 4.81. The molecular weight excluding hydrogens is 298 g/mol. The molecule has 0 radical (unpaired) electrons. The second-order valence-electron chi connectivity index (χ2n) is 6.73. The number of rotatable bonds is 4. The molecule has 1 saturated heterocycles. The van der Waals surface area contributed by atoms with Crippen LogP contribution in [0.25, 0.3) is 0 Å². The second kappa shape index (κ2) is 6.47. The van der Waals surface area contributed by atoms with E-state index >= 15 is 0 Å². The molecule has 1 aliphatic carbocycles. The molecule has 0 bridgehead atoms. The van der Waals surface area contributed by atoms with Crippen molar-refractivity contribution in [1.82, 2.24) is 10.3 Å². The van der Waals surface area contributed by atoms with Crippen LogP contribution in [-0.2, 0) is 6.42 Å². The SMILES string of the molecule is CCCNC1CCCc2sc(N3CCSC(C)(C)C3)nc21. The highest BCUT2D eigenvalue weighted by atomic mass is 32.2. The lowest BCUT2D eigenvalue weighted by Crippen LogP contribution is -2.43. The van der Waals surface area contributed by atoms with Crippen LogP contribution in [0.15, 0.2) is 0 Å². The first-order chi connectivity index (χ1) is 10.1. The van der Waals surface area contributed by atoms with Gasteiger partial charge in [0.25, 0.3) is 0 Å². The third-order valence-electron chi connectivity index (χ3n) is 4.28. The molecule has 1 aromatic rings. The van der Waals surface area contributed by atoms with E-state index in [4.69, 9.17) is 4.98 Å². The van der Waals surface area contributed by atoms with Crippen LogP contribution in [0, 0.1) is 0 Å². The van der Waals surface area contributed by atoms with Gasteiger partial charge in [-0.3, -0.25) is 0 Å². The van der Waals surface area contributed by atoms with Crippen molar-refractivity contribution in [3.05, 3.63) is 10.6 Å². The van der Waals surface area contributed by atoms with Crippen molar-refractivity contribution in [2.45, 2.75) is 57.2 Å². The molecule has 0 saturated carbocycles. The minimum absolute atomic E-state index is 0.351. The van der Waals surface area contributed by atoms with Crippen LogP contribution in [0.2, 0.25) is 0 Å². The van der Waals surface area contributed by atoms with Crippen molar-refractivity contribution in [2.75, 3.05) is 30.3 Å². The number of thioether (sulfide) groups is 1. The zero-order valence-corrected chi connectivity index (χ0v) is 15.1. The summed E-state index contributed by atoms with van der Waals surface area (Å²) in [5, 5.41) is 4.94. The summed E-state index contributed by atoms with van der Waals surface area (Å²) < 4.78 is 0.351. The summed E-state index contributed by atoms with van der Waals surface area (Å²) in [5.41, 5.74) is 1.35. The lowest BCUT2D eigenvalue weighted by molar-refractivity contribution is 0.454. The average Bonchev–Trinajstić information content (AvgIpc) is 2.88. The zero-order valence-electron chi connectivity index (χ0n) is 13.4. The number of aryl methyl sites for hydroxylation is 1. The summed E-state index contributed by atoms with van der Waals surface area (Å²) in [6.45, 7) is 10.3. The molecule has 1 atom stereocenters. The van der Waals surface area contributed by atoms with Crippen molar-refractivity contribution < 1.29 is 0 Å². The molecule has 3 nitrogen and oxygen atoms in total. The van der Waals surface area contributed by atoms with Crippen LogP contribution >= 0.6 is 23.1 Å². The van der Waals surface area contributed by atoms with Gasteiger partial charge in [-0.05, 0) is 46.1 Å². The summed E-state index contributed by atoms with van der Waals surface area (Å²) in [4.78, 5) is 9.09. The molecule has 5 heteroatoms. The van der Waals surface area contributed by atoms with E-state index in [0.29, 0.717) is 10.8 Å². The monoisotopic (exact) mass is 325 g/mol. The van der Waals surface area contributed by atoms with E-state index in [2.05, 4.69) is 42.7 Å². The molecule has 3 rings (SSSR count). The van der Waals surface area contributed by atoms with Gasteiger partial charge in [-0.1, -0.05) is 6.92 Å². The fraction of sp³-hybridized carbons (Fsp3) is 0.812.